The van der Waals surface area contributed by atoms with E-state index in [0.29, 0.717) is 18.3 Å². The van der Waals surface area contributed by atoms with Gasteiger partial charge >= 0.3 is 21.1 Å². The Hall–Kier alpha value is -4.01. The average Bonchev–Trinajstić information content (AvgIpc) is 3.65. The van der Waals surface area contributed by atoms with Gasteiger partial charge in [0.15, 0.2) is 0 Å². The van der Waals surface area contributed by atoms with Crippen LogP contribution < -0.4 is 0 Å². The number of benzene rings is 4. The molecule has 6 aromatic rings. The van der Waals surface area contributed by atoms with E-state index in [-0.39, 0.29) is 21.1 Å². The standard InChI is InChI=1S/C40H40N4.Pt/c1-26(2)34-21-28(5)22-35(27(3)4)39(34)44-25-36(32-16-9-8-10-17-32)42-37(44)24-31-15-12-18-33(23-31)40-41-19-20-43(40)38-29(6)13-11-14-30(38)7;/h8-16,18-22,25-27H,24H2,1-7H3;/q-2;+2. The van der Waals surface area contributed by atoms with Crippen molar-refractivity contribution in [3.05, 3.63) is 143 Å². The van der Waals surface area contributed by atoms with Crippen molar-refractivity contribution < 1.29 is 21.1 Å². The molecule has 0 fully saturated rings. The van der Waals surface area contributed by atoms with Crippen molar-refractivity contribution in [1.29, 1.82) is 0 Å². The van der Waals surface area contributed by atoms with Crippen LogP contribution in [0.15, 0.2) is 91.4 Å². The Morgan fingerprint density at radius 1 is 0.756 bits per heavy atom. The number of hydrogen-bond donors (Lipinski definition) is 0. The molecular formula is C40H40N4Pt. The number of rotatable bonds is 8. The van der Waals surface area contributed by atoms with E-state index in [1.165, 1.54) is 39.2 Å². The Morgan fingerprint density at radius 3 is 2.07 bits per heavy atom. The van der Waals surface area contributed by atoms with E-state index in [4.69, 9.17) is 9.97 Å². The number of aromatic nitrogens is 4. The van der Waals surface area contributed by atoms with Crippen LogP contribution in [0.25, 0.3) is 34.0 Å². The monoisotopic (exact) mass is 771 g/mol. The fourth-order valence-corrected chi connectivity index (χ4v) is 6.20. The molecule has 0 atom stereocenters. The van der Waals surface area contributed by atoms with Gasteiger partial charge in [-0.1, -0.05) is 63.6 Å². The minimum Gasteiger partial charge on any atom is -0.340 e. The van der Waals surface area contributed by atoms with Gasteiger partial charge in [0.2, 0.25) is 0 Å². The third kappa shape index (κ3) is 6.53. The molecule has 0 bridgehead atoms. The van der Waals surface area contributed by atoms with Crippen molar-refractivity contribution in [2.75, 3.05) is 0 Å². The summed E-state index contributed by atoms with van der Waals surface area (Å²) in [6.07, 6.45) is 6.74. The quantitative estimate of drug-likeness (QED) is 0.145. The topological polar surface area (TPSA) is 35.6 Å². The molecule has 5 heteroatoms. The minimum absolute atomic E-state index is 0. The fraction of sp³-hybridized carbons (Fsp3) is 0.250. The molecule has 0 spiro atoms. The van der Waals surface area contributed by atoms with Gasteiger partial charge in [0.05, 0.1) is 11.5 Å². The number of imidazole rings is 2. The first kappa shape index (κ1) is 32.4. The van der Waals surface area contributed by atoms with Crippen LogP contribution in [0.3, 0.4) is 0 Å². The van der Waals surface area contributed by atoms with Crippen molar-refractivity contribution in [3.8, 4) is 34.0 Å². The van der Waals surface area contributed by atoms with Gasteiger partial charge in [-0.15, -0.1) is 71.3 Å². The summed E-state index contributed by atoms with van der Waals surface area (Å²) in [6, 6.07) is 32.6. The Kier molecular flexibility index (Phi) is 9.75. The first-order chi connectivity index (χ1) is 21.2. The molecule has 0 unspecified atom stereocenters. The minimum atomic E-state index is 0. The van der Waals surface area contributed by atoms with E-state index in [9.17, 15) is 0 Å². The van der Waals surface area contributed by atoms with Crippen LogP contribution in [0, 0.1) is 32.9 Å². The van der Waals surface area contributed by atoms with Crippen molar-refractivity contribution >= 4 is 0 Å². The summed E-state index contributed by atoms with van der Waals surface area (Å²) in [5.74, 6) is 2.59. The zero-order valence-electron chi connectivity index (χ0n) is 27.1. The molecule has 2 aromatic heterocycles. The van der Waals surface area contributed by atoms with Gasteiger partial charge in [-0.2, -0.15) is 0 Å². The molecule has 0 saturated carbocycles. The molecule has 2 heterocycles. The molecule has 0 aliphatic rings. The SMILES string of the molecule is Cc1cc(C(C)C)c(-n2cc(-c3[c-]cccc3)nc2Cc2[c-]c(-c3nccn3-c3c(C)cccc3C)ccc2)c(C(C)C)c1.[Pt+2]. The number of nitrogens with zero attached hydrogens (tertiary/aromatic N) is 4. The molecule has 4 nitrogen and oxygen atoms in total. The summed E-state index contributed by atoms with van der Waals surface area (Å²) in [5.41, 5.74) is 12.8. The Balaban J connectivity index is 0.00000400. The molecule has 45 heavy (non-hydrogen) atoms. The van der Waals surface area contributed by atoms with E-state index in [1.807, 2.05) is 30.6 Å². The molecule has 0 saturated heterocycles. The van der Waals surface area contributed by atoms with E-state index < -0.39 is 0 Å². The normalized spacial score (nSPS) is 11.3. The molecule has 230 valence electrons. The maximum atomic E-state index is 5.25. The smallest absolute Gasteiger partial charge is 0.340 e. The second-order valence-electron chi connectivity index (χ2n) is 12.4. The third-order valence-electron chi connectivity index (χ3n) is 8.33. The molecule has 0 aliphatic carbocycles. The van der Waals surface area contributed by atoms with Gasteiger partial charge in [-0.3, -0.25) is 9.97 Å². The zero-order chi connectivity index (χ0) is 31.0. The predicted octanol–water partition coefficient (Wildman–Crippen LogP) is 9.75. The van der Waals surface area contributed by atoms with E-state index >= 15 is 0 Å². The molecule has 0 N–H and O–H groups in total. The van der Waals surface area contributed by atoms with Gasteiger partial charge in [0.1, 0.15) is 5.82 Å². The second-order valence-corrected chi connectivity index (χ2v) is 12.4. The average molecular weight is 772 g/mol. The summed E-state index contributed by atoms with van der Waals surface area (Å²) in [5, 5.41) is 0. The van der Waals surface area contributed by atoms with Gasteiger partial charge in [-0.05, 0) is 61.1 Å². The first-order valence-corrected chi connectivity index (χ1v) is 15.5. The molecule has 6 rings (SSSR count). The van der Waals surface area contributed by atoms with Gasteiger partial charge in [0.25, 0.3) is 0 Å². The first-order valence-electron chi connectivity index (χ1n) is 15.5. The maximum absolute atomic E-state index is 5.25. The van der Waals surface area contributed by atoms with Crippen LogP contribution in [0.5, 0.6) is 0 Å². The van der Waals surface area contributed by atoms with Crippen molar-refractivity contribution in [1.82, 2.24) is 19.1 Å². The van der Waals surface area contributed by atoms with Crippen molar-refractivity contribution in [3.63, 3.8) is 0 Å². The summed E-state index contributed by atoms with van der Waals surface area (Å²) >= 11 is 0. The zero-order valence-corrected chi connectivity index (χ0v) is 29.4. The van der Waals surface area contributed by atoms with Crippen LogP contribution in [0.4, 0.5) is 0 Å². The summed E-state index contributed by atoms with van der Waals surface area (Å²) in [6.45, 7) is 15.6. The number of aryl methyl sites for hydroxylation is 3. The molecule has 0 radical (unpaired) electrons. The molecule has 0 amide bonds. The molecular weight excluding hydrogens is 732 g/mol. The summed E-state index contributed by atoms with van der Waals surface area (Å²) < 4.78 is 4.51. The van der Waals surface area contributed by atoms with Gasteiger partial charge in [0, 0.05) is 30.2 Å². The second kappa shape index (κ2) is 13.5. The number of para-hydroxylation sites is 1. The van der Waals surface area contributed by atoms with Crippen LogP contribution >= 0.6 is 0 Å². The van der Waals surface area contributed by atoms with Crippen LogP contribution in [0.1, 0.15) is 78.7 Å². The van der Waals surface area contributed by atoms with Crippen molar-refractivity contribution in [2.24, 2.45) is 0 Å². The number of hydrogen-bond acceptors (Lipinski definition) is 2. The Bertz CT molecular complexity index is 1880. The van der Waals surface area contributed by atoms with Crippen LogP contribution in [-0.2, 0) is 27.5 Å². The maximum Gasteiger partial charge on any atom is 2.00 e. The third-order valence-corrected chi connectivity index (χ3v) is 8.33. The largest absolute Gasteiger partial charge is 2.00 e. The van der Waals surface area contributed by atoms with E-state index in [0.717, 1.165) is 34.0 Å². The predicted molar refractivity (Wildman–Crippen MR) is 181 cm³/mol. The summed E-state index contributed by atoms with van der Waals surface area (Å²) in [7, 11) is 0. The van der Waals surface area contributed by atoms with E-state index in [1.54, 1.807) is 0 Å². The van der Waals surface area contributed by atoms with Crippen LogP contribution in [0.2, 0.25) is 0 Å². The Morgan fingerprint density at radius 2 is 1.42 bits per heavy atom. The van der Waals surface area contributed by atoms with Gasteiger partial charge < -0.3 is 9.13 Å². The molecule has 4 aromatic carbocycles. The Labute approximate surface area is 282 Å². The van der Waals surface area contributed by atoms with E-state index in [2.05, 4.69) is 131 Å². The summed E-state index contributed by atoms with van der Waals surface area (Å²) in [4.78, 5) is 10.0. The fourth-order valence-electron chi connectivity index (χ4n) is 6.20. The van der Waals surface area contributed by atoms with Gasteiger partial charge in [-0.25, -0.2) is 0 Å². The molecule has 0 aliphatic heterocycles. The van der Waals surface area contributed by atoms with Crippen LogP contribution in [-0.4, -0.2) is 19.1 Å². The van der Waals surface area contributed by atoms with Crippen molar-refractivity contribution in [2.45, 2.75) is 66.7 Å².